The molecule has 0 aliphatic rings. The lowest BCUT2D eigenvalue weighted by Crippen LogP contribution is -2.52. The molecule has 2 N–H and O–H groups in total. The lowest BCUT2D eigenvalue weighted by molar-refractivity contribution is -0.147. The fraction of sp³-hybridized carbons (Fsp3) is 0.529. The summed E-state index contributed by atoms with van der Waals surface area (Å²) in [7, 11) is -1.30. The monoisotopic (exact) mass is 386 g/mol. The van der Waals surface area contributed by atoms with E-state index in [2.05, 4.69) is 10.0 Å². The van der Waals surface area contributed by atoms with Crippen molar-refractivity contribution in [2.45, 2.75) is 50.6 Å². The third-order valence-corrected chi connectivity index (χ3v) is 5.52. The van der Waals surface area contributed by atoms with Gasteiger partial charge in [0, 0.05) is 11.6 Å². The number of hydrogen-bond donors (Lipinski definition) is 2. The fourth-order valence-electron chi connectivity index (χ4n) is 2.23. The van der Waals surface area contributed by atoms with Crippen molar-refractivity contribution in [2.24, 2.45) is 0 Å². The van der Waals surface area contributed by atoms with Crippen molar-refractivity contribution in [3.05, 3.63) is 23.8 Å². The molecule has 0 heterocycles. The number of ether oxygens (including phenoxy) is 2. The number of nitrogens with one attached hydrogen (secondary N) is 2. The van der Waals surface area contributed by atoms with Crippen LogP contribution >= 0.6 is 0 Å². The van der Waals surface area contributed by atoms with E-state index in [1.165, 1.54) is 39.3 Å². The largest absolute Gasteiger partial charge is 0.495 e. The summed E-state index contributed by atoms with van der Waals surface area (Å²) in [6.07, 6.45) is 0.307. The third-order valence-electron chi connectivity index (χ3n) is 3.84. The molecule has 1 aromatic carbocycles. The van der Waals surface area contributed by atoms with Crippen LogP contribution in [0.1, 0.15) is 44.5 Å². The van der Waals surface area contributed by atoms with Gasteiger partial charge in [0.25, 0.3) is 5.91 Å². The van der Waals surface area contributed by atoms with Gasteiger partial charge in [-0.05, 0) is 45.4 Å². The minimum atomic E-state index is -3.88. The molecule has 0 bridgehead atoms. The van der Waals surface area contributed by atoms with E-state index in [4.69, 9.17) is 9.47 Å². The van der Waals surface area contributed by atoms with E-state index in [0.717, 1.165) is 0 Å². The van der Waals surface area contributed by atoms with E-state index in [9.17, 15) is 18.0 Å². The molecule has 0 spiro atoms. The highest BCUT2D eigenvalue weighted by Crippen LogP contribution is 2.25. The summed E-state index contributed by atoms with van der Waals surface area (Å²) in [5, 5.41) is 2.60. The molecule has 0 radical (unpaired) electrons. The number of carbonyl (C=O) groups is 2. The summed E-state index contributed by atoms with van der Waals surface area (Å²) in [4.78, 5) is 24.3. The molecule has 146 valence electrons. The number of benzene rings is 1. The average Bonchev–Trinajstić information content (AvgIpc) is 2.58. The number of esters is 1. The molecule has 1 amide bonds. The number of carbonyl (C=O) groups excluding carboxylic acids is 2. The molecule has 0 saturated carbocycles. The van der Waals surface area contributed by atoms with Crippen LogP contribution in [0.3, 0.4) is 0 Å². The fourth-order valence-corrected chi connectivity index (χ4v) is 3.68. The molecule has 26 heavy (non-hydrogen) atoms. The van der Waals surface area contributed by atoms with Gasteiger partial charge in [0.05, 0.1) is 14.2 Å². The van der Waals surface area contributed by atoms with Crippen molar-refractivity contribution in [2.75, 3.05) is 14.2 Å². The third kappa shape index (κ3) is 4.95. The van der Waals surface area contributed by atoms with Gasteiger partial charge in [-0.3, -0.25) is 4.79 Å². The number of methoxy groups -OCH3 is 2. The van der Waals surface area contributed by atoms with Gasteiger partial charge in [0.2, 0.25) is 10.0 Å². The molecule has 1 atom stereocenters. The Balaban J connectivity index is 3.29. The molecule has 0 saturated heterocycles. The van der Waals surface area contributed by atoms with E-state index in [0.29, 0.717) is 6.42 Å². The Hall–Kier alpha value is -2.13. The maximum absolute atomic E-state index is 12.6. The molecule has 0 aliphatic heterocycles. The highest BCUT2D eigenvalue weighted by Gasteiger charge is 2.34. The Labute approximate surface area is 154 Å². The first-order valence-electron chi connectivity index (χ1n) is 8.12. The lowest BCUT2D eigenvalue weighted by atomic mass is 9.98. The number of rotatable bonds is 8. The summed E-state index contributed by atoms with van der Waals surface area (Å²) >= 11 is 0. The predicted octanol–water partition coefficient (Wildman–Crippen LogP) is 1.45. The molecule has 1 rings (SSSR count). The van der Waals surface area contributed by atoms with Gasteiger partial charge in [-0.2, -0.15) is 0 Å². The van der Waals surface area contributed by atoms with Crippen LogP contribution in [0.2, 0.25) is 0 Å². The first-order valence-corrected chi connectivity index (χ1v) is 9.60. The first kappa shape index (κ1) is 21.9. The average molecular weight is 386 g/mol. The molecule has 1 aromatic rings. The van der Waals surface area contributed by atoms with Crippen molar-refractivity contribution < 1.29 is 27.5 Å². The molecule has 0 fully saturated rings. The smallest absolute Gasteiger partial charge is 0.331 e. The van der Waals surface area contributed by atoms with Crippen LogP contribution in [0, 0.1) is 0 Å². The molecule has 0 aromatic heterocycles. The SMILES string of the molecule is CCC(C)(NC(=O)c1ccc(OC)c(S(=O)(=O)NC(C)C)c1)C(=O)OC. The summed E-state index contributed by atoms with van der Waals surface area (Å²) in [6, 6.07) is 3.71. The second kappa shape index (κ2) is 8.50. The van der Waals surface area contributed by atoms with Gasteiger partial charge in [0.1, 0.15) is 16.2 Å². The highest BCUT2D eigenvalue weighted by atomic mass is 32.2. The van der Waals surface area contributed by atoms with Gasteiger partial charge in [-0.25, -0.2) is 17.9 Å². The zero-order valence-corrected chi connectivity index (χ0v) is 16.7. The van der Waals surface area contributed by atoms with E-state index in [-0.39, 0.29) is 22.3 Å². The van der Waals surface area contributed by atoms with Crippen LogP contribution in [0.4, 0.5) is 0 Å². The summed E-state index contributed by atoms with van der Waals surface area (Å²) in [5.41, 5.74) is -1.14. The Morgan fingerprint density at radius 2 is 1.85 bits per heavy atom. The Morgan fingerprint density at radius 3 is 2.31 bits per heavy atom. The van der Waals surface area contributed by atoms with Crippen molar-refractivity contribution >= 4 is 21.9 Å². The topological polar surface area (TPSA) is 111 Å². The van der Waals surface area contributed by atoms with E-state index in [1.807, 2.05) is 0 Å². The second-order valence-electron chi connectivity index (χ2n) is 6.27. The van der Waals surface area contributed by atoms with Crippen LogP contribution in [-0.4, -0.2) is 46.1 Å². The Bertz CT molecular complexity index is 775. The number of amides is 1. The maximum Gasteiger partial charge on any atom is 0.331 e. The van der Waals surface area contributed by atoms with Crippen LogP contribution < -0.4 is 14.8 Å². The first-order chi connectivity index (χ1) is 12.0. The zero-order valence-electron chi connectivity index (χ0n) is 15.9. The van der Waals surface area contributed by atoms with Crippen molar-refractivity contribution in [3.63, 3.8) is 0 Å². The molecular formula is C17H26N2O6S. The zero-order chi connectivity index (χ0) is 20.1. The predicted molar refractivity (Wildman–Crippen MR) is 96.6 cm³/mol. The lowest BCUT2D eigenvalue weighted by Gasteiger charge is -2.26. The second-order valence-corrected chi connectivity index (χ2v) is 7.96. The van der Waals surface area contributed by atoms with E-state index < -0.39 is 27.4 Å². The molecular weight excluding hydrogens is 360 g/mol. The van der Waals surface area contributed by atoms with Gasteiger partial charge >= 0.3 is 5.97 Å². The quantitative estimate of drug-likeness (QED) is 0.654. The van der Waals surface area contributed by atoms with Gasteiger partial charge in [0.15, 0.2) is 0 Å². The van der Waals surface area contributed by atoms with Crippen LogP contribution in [0.5, 0.6) is 5.75 Å². The van der Waals surface area contributed by atoms with E-state index >= 15 is 0 Å². The van der Waals surface area contributed by atoms with Crippen molar-refractivity contribution in [1.29, 1.82) is 0 Å². The molecule has 1 unspecified atom stereocenters. The maximum atomic E-state index is 12.6. The Kier molecular flexibility index (Phi) is 7.16. The Morgan fingerprint density at radius 1 is 1.23 bits per heavy atom. The summed E-state index contributed by atoms with van der Waals surface area (Å²) in [5.74, 6) is -1.07. The number of hydrogen-bond acceptors (Lipinski definition) is 6. The standard InChI is InChI=1S/C17H26N2O6S/c1-7-17(4,16(21)25-6)18-15(20)12-8-9-13(24-5)14(10-12)26(22,23)19-11(2)3/h8-11,19H,7H2,1-6H3,(H,18,20). The van der Waals surface area contributed by atoms with Crippen LogP contribution in [0.25, 0.3) is 0 Å². The van der Waals surface area contributed by atoms with Gasteiger partial charge in [-0.1, -0.05) is 6.92 Å². The number of sulfonamides is 1. The highest BCUT2D eigenvalue weighted by molar-refractivity contribution is 7.89. The minimum Gasteiger partial charge on any atom is -0.495 e. The summed E-state index contributed by atoms with van der Waals surface area (Å²) < 4.78 is 37.3. The van der Waals surface area contributed by atoms with Crippen LogP contribution in [0.15, 0.2) is 23.1 Å². The summed E-state index contributed by atoms with van der Waals surface area (Å²) in [6.45, 7) is 6.64. The van der Waals surface area contributed by atoms with Gasteiger partial charge < -0.3 is 14.8 Å². The molecule has 9 heteroatoms. The van der Waals surface area contributed by atoms with Crippen molar-refractivity contribution in [1.82, 2.24) is 10.0 Å². The van der Waals surface area contributed by atoms with E-state index in [1.54, 1.807) is 20.8 Å². The van der Waals surface area contributed by atoms with Crippen molar-refractivity contribution in [3.8, 4) is 5.75 Å². The molecule has 0 aliphatic carbocycles. The van der Waals surface area contributed by atoms with Gasteiger partial charge in [-0.15, -0.1) is 0 Å². The van der Waals surface area contributed by atoms with Crippen LogP contribution in [-0.2, 0) is 19.6 Å². The minimum absolute atomic E-state index is 0.0820. The molecule has 8 nitrogen and oxygen atoms in total. The normalized spacial score (nSPS) is 13.8.